The Bertz CT molecular complexity index is 844. The van der Waals surface area contributed by atoms with E-state index in [1.165, 1.54) is 25.7 Å². The van der Waals surface area contributed by atoms with Gasteiger partial charge in [-0.2, -0.15) is 0 Å². The number of fused-ring (bicyclic) bond motifs is 2. The van der Waals surface area contributed by atoms with Crippen LogP contribution < -0.4 is 10.1 Å². The topological polar surface area (TPSA) is 58.6 Å². The quantitative estimate of drug-likeness (QED) is 0.777. The Kier molecular flexibility index (Phi) is 4.36. The Morgan fingerprint density at radius 3 is 2.50 bits per heavy atom. The number of hydrogen-bond acceptors (Lipinski definition) is 3. The summed E-state index contributed by atoms with van der Waals surface area (Å²) in [6.07, 6.45) is 11.3. The number of rotatable bonds is 2. The van der Waals surface area contributed by atoms with Gasteiger partial charge in [-0.15, -0.1) is 0 Å². The SMILES string of the molecule is O=C1c2cc(NC(=O)C34CC5CC(CC(C5)C3)C4)ccc2OCCC2CCCCN12. The summed E-state index contributed by atoms with van der Waals surface area (Å²) < 4.78 is 5.95. The fourth-order valence-corrected chi connectivity index (χ4v) is 7.58. The maximum atomic E-state index is 13.4. The van der Waals surface area contributed by atoms with Crippen molar-refractivity contribution in [2.45, 2.75) is 70.3 Å². The molecule has 4 saturated carbocycles. The molecule has 4 bridgehead atoms. The molecule has 160 valence electrons. The average molecular weight is 409 g/mol. The van der Waals surface area contributed by atoms with Crippen LogP contribution in [0.2, 0.25) is 0 Å². The highest BCUT2D eigenvalue weighted by Crippen LogP contribution is 2.60. The highest BCUT2D eigenvalue weighted by Gasteiger charge is 2.54. The molecule has 1 aromatic carbocycles. The number of hydrogen-bond donors (Lipinski definition) is 1. The van der Waals surface area contributed by atoms with Gasteiger partial charge in [-0.05, 0) is 93.7 Å². The van der Waals surface area contributed by atoms with Gasteiger partial charge in [0.1, 0.15) is 5.75 Å². The van der Waals surface area contributed by atoms with Crippen LogP contribution in [0.4, 0.5) is 5.69 Å². The number of nitrogens with zero attached hydrogens (tertiary/aromatic N) is 1. The molecule has 1 N–H and O–H groups in total. The van der Waals surface area contributed by atoms with E-state index >= 15 is 0 Å². The molecule has 7 rings (SSSR count). The van der Waals surface area contributed by atoms with Crippen molar-refractivity contribution in [3.05, 3.63) is 23.8 Å². The van der Waals surface area contributed by atoms with Crippen LogP contribution in [0.1, 0.15) is 74.6 Å². The number of nitrogens with one attached hydrogen (secondary N) is 1. The first kappa shape index (κ1) is 18.7. The summed E-state index contributed by atoms with van der Waals surface area (Å²) in [5.41, 5.74) is 1.16. The van der Waals surface area contributed by atoms with Crippen molar-refractivity contribution in [3.8, 4) is 5.75 Å². The molecule has 1 aromatic rings. The number of piperidine rings is 1. The summed E-state index contributed by atoms with van der Waals surface area (Å²) in [5, 5.41) is 3.21. The van der Waals surface area contributed by atoms with E-state index in [0.717, 1.165) is 68.5 Å². The lowest BCUT2D eigenvalue weighted by molar-refractivity contribution is -0.140. The van der Waals surface area contributed by atoms with Crippen molar-refractivity contribution < 1.29 is 14.3 Å². The number of ether oxygens (including phenoxy) is 1. The number of carbonyl (C=O) groups is 2. The largest absolute Gasteiger partial charge is 0.493 e. The Balaban J connectivity index is 1.25. The lowest BCUT2D eigenvalue weighted by atomic mass is 9.49. The van der Waals surface area contributed by atoms with Gasteiger partial charge in [-0.1, -0.05) is 0 Å². The van der Waals surface area contributed by atoms with E-state index in [9.17, 15) is 9.59 Å². The molecule has 30 heavy (non-hydrogen) atoms. The molecule has 5 heteroatoms. The third kappa shape index (κ3) is 3.04. The second kappa shape index (κ2) is 7.00. The standard InChI is InChI=1S/C25H32N2O3/c28-23-21-12-19(4-5-22(21)30-8-6-20-3-1-2-7-27(20)23)26-24(29)25-13-16-9-17(14-25)11-18(10-16)15-25/h4-5,12,16-18,20H,1-3,6-11,13-15H2,(H,26,29). The van der Waals surface area contributed by atoms with Crippen LogP contribution in [0.5, 0.6) is 5.75 Å². The zero-order valence-corrected chi connectivity index (χ0v) is 17.7. The molecule has 5 fully saturated rings. The van der Waals surface area contributed by atoms with Crippen molar-refractivity contribution >= 4 is 17.5 Å². The molecule has 2 amide bonds. The van der Waals surface area contributed by atoms with E-state index in [-0.39, 0.29) is 23.3 Å². The highest BCUT2D eigenvalue weighted by molar-refractivity contribution is 6.01. The van der Waals surface area contributed by atoms with Crippen LogP contribution in [-0.4, -0.2) is 35.9 Å². The molecule has 0 radical (unpaired) electrons. The molecular weight excluding hydrogens is 376 g/mol. The van der Waals surface area contributed by atoms with E-state index in [1.54, 1.807) is 0 Å². The number of carbonyl (C=O) groups excluding carboxylic acids is 2. The van der Waals surface area contributed by atoms with Gasteiger partial charge in [-0.25, -0.2) is 0 Å². The van der Waals surface area contributed by atoms with E-state index < -0.39 is 0 Å². The summed E-state index contributed by atoms with van der Waals surface area (Å²) in [6, 6.07) is 5.91. The van der Waals surface area contributed by atoms with Crippen LogP contribution >= 0.6 is 0 Å². The number of benzene rings is 1. The Morgan fingerprint density at radius 2 is 1.77 bits per heavy atom. The van der Waals surface area contributed by atoms with Gasteiger partial charge in [0.2, 0.25) is 5.91 Å². The molecule has 0 spiro atoms. The molecule has 1 saturated heterocycles. The summed E-state index contributed by atoms with van der Waals surface area (Å²) >= 11 is 0. The van der Waals surface area contributed by atoms with E-state index in [2.05, 4.69) is 5.32 Å². The minimum Gasteiger partial charge on any atom is -0.493 e. The molecule has 2 heterocycles. The Morgan fingerprint density at radius 1 is 1.03 bits per heavy atom. The molecule has 5 nitrogen and oxygen atoms in total. The van der Waals surface area contributed by atoms with Crippen molar-refractivity contribution in [2.24, 2.45) is 23.2 Å². The number of anilines is 1. The van der Waals surface area contributed by atoms with Crippen LogP contribution in [-0.2, 0) is 4.79 Å². The van der Waals surface area contributed by atoms with Gasteiger partial charge < -0.3 is 15.0 Å². The van der Waals surface area contributed by atoms with Gasteiger partial charge in [0.05, 0.1) is 17.6 Å². The normalized spacial score (nSPS) is 36.9. The van der Waals surface area contributed by atoms with Crippen molar-refractivity contribution in [3.63, 3.8) is 0 Å². The lowest BCUT2D eigenvalue weighted by Gasteiger charge is -2.55. The van der Waals surface area contributed by atoms with Crippen LogP contribution in [0.25, 0.3) is 0 Å². The predicted octanol–water partition coefficient (Wildman–Crippen LogP) is 4.62. The second-order valence-electron chi connectivity index (χ2n) is 10.6. The monoisotopic (exact) mass is 408 g/mol. The molecule has 2 aliphatic heterocycles. The van der Waals surface area contributed by atoms with E-state index in [1.807, 2.05) is 23.1 Å². The molecule has 1 unspecified atom stereocenters. The van der Waals surface area contributed by atoms with E-state index in [0.29, 0.717) is 17.9 Å². The summed E-state index contributed by atoms with van der Waals surface area (Å²) in [5.74, 6) is 3.10. The van der Waals surface area contributed by atoms with Gasteiger partial charge >= 0.3 is 0 Å². The maximum absolute atomic E-state index is 13.4. The lowest BCUT2D eigenvalue weighted by Crippen LogP contribution is -2.51. The molecule has 0 aromatic heterocycles. The summed E-state index contributed by atoms with van der Waals surface area (Å²) in [6.45, 7) is 1.47. The van der Waals surface area contributed by atoms with Gasteiger partial charge in [0.15, 0.2) is 0 Å². The summed E-state index contributed by atoms with van der Waals surface area (Å²) in [4.78, 5) is 28.8. The third-order valence-corrected chi connectivity index (χ3v) is 8.58. The second-order valence-corrected chi connectivity index (χ2v) is 10.6. The maximum Gasteiger partial charge on any atom is 0.257 e. The predicted molar refractivity (Wildman–Crippen MR) is 114 cm³/mol. The van der Waals surface area contributed by atoms with Gasteiger partial charge in [0.25, 0.3) is 5.91 Å². The fraction of sp³-hybridized carbons (Fsp3) is 0.680. The van der Waals surface area contributed by atoms with Gasteiger partial charge in [0, 0.05) is 24.7 Å². The van der Waals surface area contributed by atoms with Crippen LogP contribution in [0.3, 0.4) is 0 Å². The highest BCUT2D eigenvalue weighted by atomic mass is 16.5. The van der Waals surface area contributed by atoms with Crippen molar-refractivity contribution in [2.75, 3.05) is 18.5 Å². The average Bonchev–Trinajstić information content (AvgIpc) is 2.72. The van der Waals surface area contributed by atoms with Crippen molar-refractivity contribution in [1.29, 1.82) is 0 Å². The molecule has 6 aliphatic rings. The van der Waals surface area contributed by atoms with Crippen LogP contribution in [0.15, 0.2) is 18.2 Å². The first-order valence-corrected chi connectivity index (χ1v) is 12.0. The Hall–Kier alpha value is -2.04. The summed E-state index contributed by atoms with van der Waals surface area (Å²) in [7, 11) is 0. The molecule has 1 atom stereocenters. The zero-order chi connectivity index (χ0) is 20.3. The van der Waals surface area contributed by atoms with Gasteiger partial charge in [-0.3, -0.25) is 9.59 Å². The van der Waals surface area contributed by atoms with E-state index in [4.69, 9.17) is 4.74 Å². The smallest absolute Gasteiger partial charge is 0.257 e. The third-order valence-electron chi connectivity index (χ3n) is 8.58. The minimum absolute atomic E-state index is 0.0558. The minimum atomic E-state index is -0.183. The Labute approximate surface area is 178 Å². The van der Waals surface area contributed by atoms with Crippen molar-refractivity contribution in [1.82, 2.24) is 4.90 Å². The molecule has 4 aliphatic carbocycles. The fourth-order valence-electron chi connectivity index (χ4n) is 7.58. The first-order valence-electron chi connectivity index (χ1n) is 12.0. The molecular formula is C25H32N2O3. The zero-order valence-electron chi connectivity index (χ0n) is 17.7. The van der Waals surface area contributed by atoms with Crippen LogP contribution in [0, 0.1) is 23.2 Å². The first-order chi connectivity index (χ1) is 14.6. The number of amides is 2.